The number of nitrogens with zero attached hydrogens (tertiary/aromatic N) is 4. The molecule has 0 aliphatic heterocycles. The zero-order valence-corrected chi connectivity index (χ0v) is 21.3. The lowest BCUT2D eigenvalue weighted by Crippen LogP contribution is -2.17. The van der Waals surface area contributed by atoms with Crippen molar-refractivity contribution in [3.05, 3.63) is 49.8 Å². The fourth-order valence-corrected chi connectivity index (χ4v) is 4.49. The van der Waals surface area contributed by atoms with Gasteiger partial charge in [-0.25, -0.2) is 14.3 Å². The highest BCUT2D eigenvalue weighted by Crippen LogP contribution is 2.34. The lowest BCUT2D eigenvalue weighted by molar-refractivity contribution is 0.0527. The van der Waals surface area contributed by atoms with Crippen LogP contribution in [0.5, 0.6) is 0 Å². The number of aromatic nitrogens is 4. The van der Waals surface area contributed by atoms with Gasteiger partial charge in [0.05, 0.1) is 34.6 Å². The molecule has 0 saturated heterocycles. The summed E-state index contributed by atoms with van der Waals surface area (Å²) in [5.74, 6) is -1.71. The Kier molecular flexibility index (Phi) is 7.69. The number of rotatable bonds is 8. The number of aryl methyl sites for hydroxylation is 1. The molecule has 33 heavy (non-hydrogen) atoms. The molecule has 12 heteroatoms. The zero-order valence-electron chi connectivity index (χ0n) is 18.9. The maximum absolute atomic E-state index is 12.9. The minimum atomic E-state index is -0.627. The van der Waals surface area contributed by atoms with Gasteiger partial charge >= 0.3 is 11.9 Å². The second kappa shape index (κ2) is 10.3. The molecule has 0 unspecified atom stereocenters. The Hall–Kier alpha value is -2.99. The Labute approximate surface area is 203 Å². The van der Waals surface area contributed by atoms with E-state index in [4.69, 9.17) is 9.47 Å². The molecule has 3 aromatic rings. The largest absolute Gasteiger partial charge is 0.462 e. The summed E-state index contributed by atoms with van der Waals surface area (Å²) in [6.45, 7) is 9.48. The number of carbonyl (C=O) groups excluding carboxylic acids is 3. The van der Waals surface area contributed by atoms with Crippen molar-refractivity contribution in [3.8, 4) is 0 Å². The molecule has 3 heterocycles. The van der Waals surface area contributed by atoms with Gasteiger partial charge in [-0.2, -0.15) is 10.2 Å². The molecule has 0 bridgehead atoms. The molecule has 0 saturated carbocycles. The van der Waals surface area contributed by atoms with Crippen LogP contribution in [0.15, 0.2) is 16.7 Å². The molecule has 0 radical (unpaired) electrons. The van der Waals surface area contributed by atoms with Crippen molar-refractivity contribution in [3.63, 3.8) is 0 Å². The second-order valence-electron chi connectivity index (χ2n) is 7.02. The molecular weight excluding hydrogens is 514 g/mol. The third kappa shape index (κ3) is 5.17. The van der Waals surface area contributed by atoms with Gasteiger partial charge in [-0.15, -0.1) is 11.3 Å². The van der Waals surface area contributed by atoms with E-state index in [0.29, 0.717) is 12.2 Å². The van der Waals surface area contributed by atoms with Gasteiger partial charge in [-0.05, 0) is 62.2 Å². The lowest BCUT2D eigenvalue weighted by Gasteiger charge is -2.06. The van der Waals surface area contributed by atoms with Crippen LogP contribution in [0, 0.1) is 20.8 Å². The first kappa shape index (κ1) is 24.6. The number of hydrogen-bond donors (Lipinski definition) is 1. The Morgan fingerprint density at radius 3 is 2.36 bits per heavy atom. The highest BCUT2D eigenvalue weighted by Gasteiger charge is 2.28. The molecular formula is C21H24BrN5O5S. The van der Waals surface area contributed by atoms with E-state index in [0.717, 1.165) is 27.2 Å². The number of nitrogens with one attached hydrogen (secondary N) is 1. The van der Waals surface area contributed by atoms with Crippen molar-refractivity contribution < 1.29 is 23.9 Å². The van der Waals surface area contributed by atoms with Crippen molar-refractivity contribution in [1.29, 1.82) is 0 Å². The molecule has 176 valence electrons. The van der Waals surface area contributed by atoms with E-state index in [9.17, 15) is 14.4 Å². The van der Waals surface area contributed by atoms with Crippen LogP contribution < -0.4 is 5.32 Å². The molecule has 1 amide bonds. The number of amides is 1. The average molecular weight is 538 g/mol. The first-order valence-electron chi connectivity index (χ1n) is 10.2. The first-order valence-corrected chi connectivity index (χ1v) is 11.8. The second-order valence-corrected chi connectivity index (χ2v) is 8.84. The van der Waals surface area contributed by atoms with E-state index in [-0.39, 0.29) is 34.3 Å². The topological polar surface area (TPSA) is 117 Å². The molecule has 0 aliphatic carbocycles. The number of anilines is 1. The van der Waals surface area contributed by atoms with Gasteiger partial charge < -0.3 is 14.8 Å². The Morgan fingerprint density at radius 1 is 1.09 bits per heavy atom. The molecule has 0 spiro atoms. The number of hydrogen-bond acceptors (Lipinski definition) is 8. The number of thiophene rings is 1. The van der Waals surface area contributed by atoms with Gasteiger partial charge in [-0.3, -0.25) is 9.48 Å². The Morgan fingerprint density at radius 2 is 1.76 bits per heavy atom. The predicted octanol–water partition coefficient (Wildman–Crippen LogP) is 3.94. The quantitative estimate of drug-likeness (QED) is 0.432. The monoisotopic (exact) mass is 537 g/mol. The van der Waals surface area contributed by atoms with Crippen LogP contribution in [0.1, 0.15) is 61.3 Å². The Bertz CT molecular complexity index is 1210. The highest BCUT2D eigenvalue weighted by molar-refractivity contribution is 9.10. The minimum Gasteiger partial charge on any atom is -0.462 e. The van der Waals surface area contributed by atoms with Crippen molar-refractivity contribution in [1.82, 2.24) is 19.6 Å². The maximum atomic E-state index is 12.9. The van der Waals surface area contributed by atoms with Crippen LogP contribution >= 0.6 is 27.3 Å². The van der Waals surface area contributed by atoms with Crippen molar-refractivity contribution in [2.45, 2.75) is 41.3 Å². The van der Waals surface area contributed by atoms with E-state index in [2.05, 4.69) is 31.4 Å². The van der Waals surface area contributed by atoms with Crippen molar-refractivity contribution in [2.75, 3.05) is 18.5 Å². The summed E-state index contributed by atoms with van der Waals surface area (Å²) in [5, 5.41) is 11.6. The molecule has 0 aromatic carbocycles. The summed E-state index contributed by atoms with van der Waals surface area (Å²) in [6, 6.07) is 1.56. The number of carbonyl (C=O) groups is 3. The zero-order chi connectivity index (χ0) is 24.3. The van der Waals surface area contributed by atoms with E-state index >= 15 is 0 Å². The Balaban J connectivity index is 1.85. The lowest BCUT2D eigenvalue weighted by atomic mass is 10.1. The van der Waals surface area contributed by atoms with E-state index in [1.54, 1.807) is 42.4 Å². The summed E-state index contributed by atoms with van der Waals surface area (Å²) in [7, 11) is 0. The summed E-state index contributed by atoms with van der Waals surface area (Å²) >= 11 is 4.46. The van der Waals surface area contributed by atoms with Crippen LogP contribution in [-0.2, 0) is 16.1 Å². The van der Waals surface area contributed by atoms with Crippen molar-refractivity contribution in [2.24, 2.45) is 0 Å². The first-order chi connectivity index (χ1) is 15.7. The molecule has 3 aromatic heterocycles. The normalized spacial score (nSPS) is 10.8. The van der Waals surface area contributed by atoms with Crippen LogP contribution in [0.2, 0.25) is 0 Å². The minimum absolute atomic E-state index is 0.130. The van der Waals surface area contributed by atoms with E-state index in [1.165, 1.54) is 0 Å². The number of ether oxygens (including phenoxy) is 2. The molecule has 3 rings (SSSR count). The molecule has 0 atom stereocenters. The third-order valence-corrected chi connectivity index (χ3v) is 7.09. The third-order valence-electron chi connectivity index (χ3n) is 4.76. The summed E-state index contributed by atoms with van der Waals surface area (Å²) in [5.41, 5.74) is 2.47. The van der Waals surface area contributed by atoms with Gasteiger partial charge in [-0.1, -0.05) is 0 Å². The smallest absolute Gasteiger partial charge is 0.348 e. The fourth-order valence-electron chi connectivity index (χ4n) is 3.12. The standard InChI is InChI=1S/C21H24BrN5O5S/c1-6-31-20(29)15-11(3)17(21(30)32-7-2)33-19(15)23-18(28)14-8-9-26(25-14)10-27-13(5)16(22)12(4)24-27/h8-9H,6-7,10H2,1-5H3,(H,23,28). The summed E-state index contributed by atoms with van der Waals surface area (Å²) < 4.78 is 14.4. The molecule has 0 aliphatic rings. The average Bonchev–Trinajstić information content (AvgIpc) is 3.42. The summed E-state index contributed by atoms with van der Waals surface area (Å²) in [4.78, 5) is 37.9. The highest BCUT2D eigenvalue weighted by atomic mass is 79.9. The van der Waals surface area contributed by atoms with Crippen molar-refractivity contribution >= 4 is 50.1 Å². The fraction of sp³-hybridized carbons (Fsp3) is 0.381. The van der Waals surface area contributed by atoms with Crippen LogP contribution in [0.3, 0.4) is 0 Å². The summed E-state index contributed by atoms with van der Waals surface area (Å²) in [6.07, 6.45) is 1.66. The number of esters is 2. The molecule has 1 N–H and O–H groups in total. The van der Waals surface area contributed by atoms with Gasteiger partial charge in [0.2, 0.25) is 0 Å². The molecule has 0 fully saturated rings. The van der Waals surface area contributed by atoms with Gasteiger partial charge in [0.1, 0.15) is 16.5 Å². The van der Waals surface area contributed by atoms with Crippen LogP contribution in [0.25, 0.3) is 0 Å². The van der Waals surface area contributed by atoms with E-state index in [1.807, 2.05) is 13.8 Å². The molecule has 10 nitrogen and oxygen atoms in total. The van der Waals surface area contributed by atoms with Gasteiger partial charge in [0.25, 0.3) is 5.91 Å². The van der Waals surface area contributed by atoms with Gasteiger partial charge in [0.15, 0.2) is 5.69 Å². The van der Waals surface area contributed by atoms with Crippen LogP contribution in [-0.4, -0.2) is 50.6 Å². The SMILES string of the molecule is CCOC(=O)c1sc(NC(=O)c2ccn(Cn3nc(C)c(Br)c3C)n2)c(C(=O)OCC)c1C. The number of halogens is 1. The van der Waals surface area contributed by atoms with Crippen LogP contribution in [0.4, 0.5) is 5.00 Å². The maximum Gasteiger partial charge on any atom is 0.348 e. The van der Waals surface area contributed by atoms with Gasteiger partial charge in [0, 0.05) is 6.20 Å². The van der Waals surface area contributed by atoms with E-state index < -0.39 is 17.8 Å². The predicted molar refractivity (Wildman–Crippen MR) is 126 cm³/mol.